The number of hydrogen-bond donors (Lipinski definition) is 1. The zero-order chi connectivity index (χ0) is 14.7. The predicted molar refractivity (Wildman–Crippen MR) is 75.4 cm³/mol. The van der Waals surface area contributed by atoms with Crippen LogP contribution in [0, 0.1) is 6.92 Å². The number of urea groups is 1. The lowest BCUT2D eigenvalue weighted by molar-refractivity contribution is -0.141. The third kappa shape index (κ3) is 3.10. The van der Waals surface area contributed by atoms with E-state index in [4.69, 9.17) is 5.11 Å². The number of aryl methyl sites for hydroxylation is 1. The van der Waals surface area contributed by atoms with E-state index in [-0.39, 0.29) is 6.03 Å². The van der Waals surface area contributed by atoms with Gasteiger partial charge in [-0.25, -0.2) is 9.59 Å². The van der Waals surface area contributed by atoms with Crippen molar-refractivity contribution in [2.75, 3.05) is 13.6 Å². The highest BCUT2D eigenvalue weighted by Crippen LogP contribution is 2.19. The van der Waals surface area contributed by atoms with Crippen molar-refractivity contribution < 1.29 is 14.7 Å². The van der Waals surface area contributed by atoms with Gasteiger partial charge in [0.25, 0.3) is 0 Å². The van der Waals surface area contributed by atoms with Gasteiger partial charge in [-0.1, -0.05) is 29.8 Å². The van der Waals surface area contributed by atoms with Crippen molar-refractivity contribution in [3.8, 4) is 0 Å². The van der Waals surface area contributed by atoms with E-state index in [2.05, 4.69) is 0 Å². The van der Waals surface area contributed by atoms with Crippen LogP contribution >= 0.6 is 0 Å². The Hall–Kier alpha value is -2.04. The first-order chi connectivity index (χ1) is 9.49. The van der Waals surface area contributed by atoms with Gasteiger partial charge in [-0.3, -0.25) is 0 Å². The second kappa shape index (κ2) is 5.94. The molecule has 2 rings (SSSR count). The Balaban J connectivity index is 2.01. The summed E-state index contributed by atoms with van der Waals surface area (Å²) < 4.78 is 0. The van der Waals surface area contributed by atoms with Crippen LogP contribution in [0.25, 0.3) is 0 Å². The fourth-order valence-electron chi connectivity index (χ4n) is 2.51. The Bertz CT molecular complexity index is 498. The number of carbonyl (C=O) groups is 2. The monoisotopic (exact) mass is 276 g/mol. The molecule has 1 aliphatic rings. The number of hydrogen-bond acceptors (Lipinski definition) is 2. The minimum absolute atomic E-state index is 0.213. The second-order valence-electron chi connectivity index (χ2n) is 5.31. The van der Waals surface area contributed by atoms with Gasteiger partial charge in [0.2, 0.25) is 0 Å². The fourth-order valence-corrected chi connectivity index (χ4v) is 2.51. The van der Waals surface area contributed by atoms with Gasteiger partial charge >= 0.3 is 12.0 Å². The number of aliphatic carboxylic acids is 1. The van der Waals surface area contributed by atoms with Crippen LogP contribution in [0.3, 0.4) is 0 Å². The van der Waals surface area contributed by atoms with Gasteiger partial charge < -0.3 is 14.9 Å². The molecule has 5 heteroatoms. The molecule has 1 fully saturated rings. The molecule has 1 N–H and O–H groups in total. The molecule has 0 radical (unpaired) electrons. The highest BCUT2D eigenvalue weighted by Gasteiger charge is 2.35. The molecule has 0 unspecified atom stereocenters. The van der Waals surface area contributed by atoms with Gasteiger partial charge in [-0.15, -0.1) is 0 Å². The summed E-state index contributed by atoms with van der Waals surface area (Å²) in [6.45, 7) is 3.02. The van der Waals surface area contributed by atoms with Crippen LogP contribution in [0.4, 0.5) is 4.79 Å². The van der Waals surface area contributed by atoms with Crippen molar-refractivity contribution in [2.24, 2.45) is 0 Å². The standard InChI is InChI=1S/C15H20N2O3/c1-11-5-7-12(8-6-11)10-16(2)15(20)17-9-3-4-13(17)14(18)19/h5-8,13H,3-4,9-10H2,1-2H3,(H,18,19)/t13-/m0/s1. The number of carboxylic acids is 1. The summed E-state index contributed by atoms with van der Waals surface area (Å²) in [6.07, 6.45) is 1.29. The number of carbonyl (C=O) groups excluding carboxylic acids is 1. The van der Waals surface area contributed by atoms with Crippen LogP contribution in [0.2, 0.25) is 0 Å². The lowest BCUT2D eigenvalue weighted by atomic mass is 10.1. The molecular formula is C15H20N2O3. The molecule has 0 aromatic heterocycles. The summed E-state index contributed by atoms with van der Waals surface area (Å²) in [5.74, 6) is -0.917. The zero-order valence-electron chi connectivity index (χ0n) is 11.9. The molecule has 108 valence electrons. The molecule has 1 atom stereocenters. The summed E-state index contributed by atoms with van der Waals surface area (Å²) in [6, 6.07) is 7.08. The third-order valence-corrected chi connectivity index (χ3v) is 3.65. The average Bonchev–Trinajstić information content (AvgIpc) is 2.90. The van der Waals surface area contributed by atoms with Crippen LogP contribution in [-0.4, -0.2) is 46.5 Å². The lowest BCUT2D eigenvalue weighted by Gasteiger charge is -2.27. The van der Waals surface area contributed by atoms with Crippen molar-refractivity contribution in [1.82, 2.24) is 9.80 Å². The van der Waals surface area contributed by atoms with E-state index in [9.17, 15) is 9.59 Å². The Kier molecular flexibility index (Phi) is 4.27. The number of nitrogens with zero attached hydrogens (tertiary/aromatic N) is 2. The molecule has 1 aliphatic heterocycles. The van der Waals surface area contributed by atoms with Gasteiger partial charge in [-0.2, -0.15) is 0 Å². The average molecular weight is 276 g/mol. The van der Waals surface area contributed by atoms with Crippen molar-refractivity contribution in [3.63, 3.8) is 0 Å². The molecule has 0 spiro atoms. The zero-order valence-corrected chi connectivity index (χ0v) is 11.9. The van der Waals surface area contributed by atoms with E-state index in [0.29, 0.717) is 19.5 Å². The minimum Gasteiger partial charge on any atom is -0.480 e. The number of amides is 2. The number of benzene rings is 1. The van der Waals surface area contributed by atoms with Crippen molar-refractivity contribution in [2.45, 2.75) is 32.4 Å². The van der Waals surface area contributed by atoms with Crippen LogP contribution < -0.4 is 0 Å². The first-order valence-electron chi connectivity index (χ1n) is 6.79. The topological polar surface area (TPSA) is 60.9 Å². The first kappa shape index (κ1) is 14.4. The molecule has 20 heavy (non-hydrogen) atoms. The first-order valence-corrected chi connectivity index (χ1v) is 6.79. The largest absolute Gasteiger partial charge is 0.480 e. The third-order valence-electron chi connectivity index (χ3n) is 3.65. The maximum absolute atomic E-state index is 12.3. The molecule has 0 aliphatic carbocycles. The Morgan fingerprint density at radius 1 is 1.35 bits per heavy atom. The Morgan fingerprint density at radius 3 is 2.60 bits per heavy atom. The highest BCUT2D eigenvalue weighted by molar-refractivity contribution is 5.83. The van der Waals surface area contributed by atoms with Crippen molar-refractivity contribution in [3.05, 3.63) is 35.4 Å². The molecule has 1 aromatic rings. The Labute approximate surface area is 118 Å². The molecule has 1 saturated heterocycles. The minimum atomic E-state index is -0.917. The van der Waals surface area contributed by atoms with Gasteiger partial charge in [0.05, 0.1) is 0 Å². The van der Waals surface area contributed by atoms with E-state index in [1.54, 1.807) is 11.9 Å². The van der Waals surface area contributed by atoms with Gasteiger partial charge in [0, 0.05) is 20.1 Å². The predicted octanol–water partition coefficient (Wildman–Crippen LogP) is 2.10. The van der Waals surface area contributed by atoms with Gasteiger partial charge in [-0.05, 0) is 25.3 Å². The lowest BCUT2D eigenvalue weighted by Crippen LogP contribution is -2.46. The van der Waals surface area contributed by atoms with Gasteiger partial charge in [0.1, 0.15) is 6.04 Å². The molecule has 0 saturated carbocycles. The normalized spacial score (nSPS) is 18.1. The van der Waals surface area contributed by atoms with Crippen LogP contribution in [0.15, 0.2) is 24.3 Å². The Morgan fingerprint density at radius 2 is 2.00 bits per heavy atom. The molecule has 1 heterocycles. The van der Waals surface area contributed by atoms with Crippen LogP contribution in [0.5, 0.6) is 0 Å². The summed E-state index contributed by atoms with van der Waals surface area (Å²) >= 11 is 0. The highest BCUT2D eigenvalue weighted by atomic mass is 16.4. The van der Waals surface area contributed by atoms with E-state index in [1.165, 1.54) is 10.5 Å². The smallest absolute Gasteiger partial charge is 0.326 e. The molecular weight excluding hydrogens is 256 g/mol. The van der Waals surface area contributed by atoms with Crippen LogP contribution in [-0.2, 0) is 11.3 Å². The summed E-state index contributed by atoms with van der Waals surface area (Å²) in [7, 11) is 1.71. The summed E-state index contributed by atoms with van der Waals surface area (Å²) in [5.41, 5.74) is 2.21. The van der Waals surface area contributed by atoms with E-state index in [0.717, 1.165) is 12.0 Å². The maximum atomic E-state index is 12.3. The molecule has 2 amide bonds. The van der Waals surface area contributed by atoms with E-state index in [1.807, 2.05) is 31.2 Å². The van der Waals surface area contributed by atoms with Gasteiger partial charge in [0.15, 0.2) is 0 Å². The van der Waals surface area contributed by atoms with Crippen molar-refractivity contribution in [1.29, 1.82) is 0 Å². The molecule has 1 aromatic carbocycles. The molecule has 0 bridgehead atoms. The fraction of sp³-hybridized carbons (Fsp3) is 0.467. The quantitative estimate of drug-likeness (QED) is 0.919. The SMILES string of the molecule is Cc1ccc(CN(C)C(=O)N2CCC[C@H]2C(=O)O)cc1. The number of likely N-dealkylation sites (tertiary alicyclic amines) is 1. The number of rotatable bonds is 3. The van der Waals surface area contributed by atoms with E-state index >= 15 is 0 Å². The van der Waals surface area contributed by atoms with Crippen LogP contribution in [0.1, 0.15) is 24.0 Å². The van der Waals surface area contributed by atoms with E-state index < -0.39 is 12.0 Å². The number of carboxylic acid groups (broad SMARTS) is 1. The summed E-state index contributed by atoms with van der Waals surface area (Å²) in [4.78, 5) is 26.5. The maximum Gasteiger partial charge on any atom is 0.326 e. The second-order valence-corrected chi connectivity index (χ2v) is 5.31. The summed E-state index contributed by atoms with van der Waals surface area (Å²) in [5, 5.41) is 9.12. The van der Waals surface area contributed by atoms with Crippen molar-refractivity contribution >= 4 is 12.0 Å². The molecule has 5 nitrogen and oxygen atoms in total.